The molecule has 0 saturated heterocycles. The summed E-state index contributed by atoms with van der Waals surface area (Å²) in [4.78, 5) is 37.4. The Hall–Kier alpha value is -3.35. The predicted octanol–water partition coefficient (Wildman–Crippen LogP) is 2.69. The Balaban J connectivity index is 1.37. The van der Waals surface area contributed by atoms with Crippen LogP contribution in [0.25, 0.3) is 0 Å². The van der Waals surface area contributed by atoms with E-state index >= 15 is 0 Å². The summed E-state index contributed by atoms with van der Waals surface area (Å²) in [5.74, 6) is 0.145. The third kappa shape index (κ3) is 4.49. The van der Waals surface area contributed by atoms with Gasteiger partial charge in [0, 0.05) is 6.54 Å². The van der Waals surface area contributed by atoms with Gasteiger partial charge >= 0.3 is 5.97 Å². The Bertz CT molecular complexity index is 826. The molecule has 0 saturated carbocycles. The number of nitrogens with zero attached hydrogens (tertiary/aromatic N) is 1. The molecule has 146 valence electrons. The summed E-state index contributed by atoms with van der Waals surface area (Å²) in [5, 5.41) is 0. The van der Waals surface area contributed by atoms with Crippen molar-refractivity contribution in [2.24, 2.45) is 0 Å². The van der Waals surface area contributed by atoms with Gasteiger partial charge in [-0.2, -0.15) is 0 Å². The van der Waals surface area contributed by atoms with Gasteiger partial charge in [0.25, 0.3) is 11.8 Å². The fourth-order valence-electron chi connectivity index (χ4n) is 2.83. The van der Waals surface area contributed by atoms with E-state index in [-0.39, 0.29) is 38.0 Å². The maximum atomic E-state index is 12.2. The number of benzene rings is 2. The lowest BCUT2D eigenvalue weighted by atomic mass is 10.1. The molecule has 0 radical (unpaired) electrons. The maximum Gasteiger partial charge on any atom is 0.307 e. The summed E-state index contributed by atoms with van der Waals surface area (Å²) in [6, 6.07) is 13.8. The van der Waals surface area contributed by atoms with Gasteiger partial charge in [-0.15, -0.1) is 0 Å². The molecule has 3 rings (SSSR count). The van der Waals surface area contributed by atoms with E-state index < -0.39 is 5.97 Å². The first kappa shape index (κ1) is 19.4. The van der Waals surface area contributed by atoms with Crippen LogP contribution in [0, 0.1) is 0 Å². The minimum atomic E-state index is -0.494. The zero-order valence-corrected chi connectivity index (χ0v) is 15.6. The van der Waals surface area contributed by atoms with Crippen LogP contribution in [0.4, 0.5) is 0 Å². The number of hydrogen-bond acceptors (Lipinski definition) is 6. The Morgan fingerprint density at radius 2 is 1.43 bits per heavy atom. The van der Waals surface area contributed by atoms with Crippen molar-refractivity contribution < 1.29 is 28.6 Å². The van der Waals surface area contributed by atoms with Crippen LogP contribution in [0.1, 0.15) is 34.1 Å². The van der Waals surface area contributed by atoms with Crippen molar-refractivity contribution in [2.75, 3.05) is 26.4 Å². The van der Waals surface area contributed by atoms with E-state index in [2.05, 4.69) is 0 Å². The molecule has 0 aliphatic carbocycles. The molecule has 0 aromatic heterocycles. The van der Waals surface area contributed by atoms with E-state index in [1.807, 2.05) is 6.92 Å². The molecule has 0 N–H and O–H groups in total. The Labute approximate surface area is 162 Å². The molecule has 2 aromatic carbocycles. The van der Waals surface area contributed by atoms with E-state index in [1.54, 1.807) is 48.5 Å². The molecule has 0 fully saturated rings. The Kier molecular flexibility index (Phi) is 6.26. The number of esters is 1. The number of imide groups is 1. The van der Waals surface area contributed by atoms with E-state index in [0.717, 1.165) is 10.6 Å². The van der Waals surface area contributed by atoms with Gasteiger partial charge in [0.2, 0.25) is 0 Å². The van der Waals surface area contributed by atoms with Crippen LogP contribution >= 0.6 is 0 Å². The molecular formula is C21H21NO6. The summed E-state index contributed by atoms with van der Waals surface area (Å²) in [5.41, 5.74) is 0.731. The minimum Gasteiger partial charge on any atom is -0.494 e. The van der Waals surface area contributed by atoms with Gasteiger partial charge in [-0.1, -0.05) is 12.1 Å². The predicted molar refractivity (Wildman–Crippen MR) is 100 cm³/mol. The Morgan fingerprint density at radius 3 is 2.00 bits per heavy atom. The lowest BCUT2D eigenvalue weighted by Gasteiger charge is -2.13. The topological polar surface area (TPSA) is 82.1 Å². The molecule has 28 heavy (non-hydrogen) atoms. The standard InChI is InChI=1S/C21H21NO6/c1-2-26-15-7-9-16(10-8-15)27-13-14-28-19(23)11-12-22-20(24)17-5-3-4-6-18(17)21(22)25/h3-10H,2,11-14H2,1H3. The van der Waals surface area contributed by atoms with E-state index in [0.29, 0.717) is 23.5 Å². The van der Waals surface area contributed by atoms with Gasteiger partial charge in [0.15, 0.2) is 0 Å². The maximum absolute atomic E-state index is 12.2. The molecule has 1 aliphatic rings. The second-order valence-electron chi connectivity index (χ2n) is 6.03. The fourth-order valence-corrected chi connectivity index (χ4v) is 2.83. The smallest absolute Gasteiger partial charge is 0.307 e. The van der Waals surface area contributed by atoms with E-state index in [4.69, 9.17) is 14.2 Å². The van der Waals surface area contributed by atoms with Crippen molar-refractivity contribution in [2.45, 2.75) is 13.3 Å². The second kappa shape index (κ2) is 9.03. The van der Waals surface area contributed by atoms with Gasteiger partial charge in [0.1, 0.15) is 24.7 Å². The normalized spacial score (nSPS) is 12.7. The van der Waals surface area contributed by atoms with Crippen LogP contribution in [0.2, 0.25) is 0 Å². The molecule has 2 aromatic rings. The van der Waals surface area contributed by atoms with Crippen LogP contribution < -0.4 is 9.47 Å². The molecule has 0 spiro atoms. The average molecular weight is 383 g/mol. The third-order valence-corrected chi connectivity index (χ3v) is 4.17. The molecule has 1 aliphatic heterocycles. The van der Waals surface area contributed by atoms with Gasteiger partial charge in [0.05, 0.1) is 24.2 Å². The van der Waals surface area contributed by atoms with Crippen molar-refractivity contribution in [1.82, 2.24) is 4.90 Å². The number of carbonyl (C=O) groups excluding carboxylic acids is 3. The Morgan fingerprint density at radius 1 is 0.857 bits per heavy atom. The van der Waals surface area contributed by atoms with Gasteiger partial charge < -0.3 is 14.2 Å². The molecular weight excluding hydrogens is 362 g/mol. The van der Waals surface area contributed by atoms with Crippen LogP contribution in [-0.2, 0) is 9.53 Å². The molecule has 0 unspecified atom stereocenters. The minimum absolute atomic E-state index is 0.00900. The van der Waals surface area contributed by atoms with Crippen LogP contribution in [0.3, 0.4) is 0 Å². The van der Waals surface area contributed by atoms with Crippen molar-refractivity contribution in [3.05, 3.63) is 59.7 Å². The zero-order valence-electron chi connectivity index (χ0n) is 15.6. The van der Waals surface area contributed by atoms with Gasteiger partial charge in [-0.05, 0) is 43.3 Å². The number of ether oxygens (including phenoxy) is 3. The van der Waals surface area contributed by atoms with Gasteiger partial charge in [-0.3, -0.25) is 19.3 Å². The van der Waals surface area contributed by atoms with Crippen molar-refractivity contribution in [3.8, 4) is 11.5 Å². The number of fused-ring (bicyclic) bond motifs is 1. The summed E-state index contributed by atoms with van der Waals surface area (Å²) >= 11 is 0. The van der Waals surface area contributed by atoms with Crippen molar-refractivity contribution in [1.29, 1.82) is 0 Å². The van der Waals surface area contributed by atoms with Gasteiger partial charge in [-0.25, -0.2) is 0 Å². The molecule has 2 amide bonds. The number of amides is 2. The second-order valence-corrected chi connectivity index (χ2v) is 6.03. The summed E-state index contributed by atoms with van der Waals surface area (Å²) in [6.07, 6.45) is -0.0610. The molecule has 0 bridgehead atoms. The molecule has 0 atom stereocenters. The van der Waals surface area contributed by atoms with Crippen molar-refractivity contribution in [3.63, 3.8) is 0 Å². The van der Waals surface area contributed by atoms with Crippen molar-refractivity contribution >= 4 is 17.8 Å². The fraction of sp³-hybridized carbons (Fsp3) is 0.286. The summed E-state index contributed by atoms with van der Waals surface area (Å²) < 4.78 is 15.9. The zero-order chi connectivity index (χ0) is 19.9. The third-order valence-electron chi connectivity index (χ3n) is 4.17. The SMILES string of the molecule is CCOc1ccc(OCCOC(=O)CCN2C(=O)c3ccccc3C2=O)cc1. The first-order valence-corrected chi connectivity index (χ1v) is 9.06. The molecule has 7 heteroatoms. The molecule has 1 heterocycles. The highest BCUT2D eigenvalue weighted by molar-refractivity contribution is 6.21. The monoisotopic (exact) mass is 383 g/mol. The highest BCUT2D eigenvalue weighted by atomic mass is 16.6. The van der Waals surface area contributed by atoms with E-state index in [1.165, 1.54) is 0 Å². The first-order chi connectivity index (χ1) is 13.6. The quantitative estimate of drug-likeness (QED) is 0.376. The first-order valence-electron chi connectivity index (χ1n) is 9.06. The summed E-state index contributed by atoms with van der Waals surface area (Å²) in [6.45, 7) is 2.77. The largest absolute Gasteiger partial charge is 0.494 e. The number of rotatable bonds is 9. The highest BCUT2D eigenvalue weighted by Gasteiger charge is 2.35. The van der Waals surface area contributed by atoms with Crippen LogP contribution in [-0.4, -0.2) is 49.0 Å². The van der Waals surface area contributed by atoms with E-state index in [9.17, 15) is 14.4 Å². The lowest BCUT2D eigenvalue weighted by molar-refractivity contribution is -0.144. The highest BCUT2D eigenvalue weighted by Crippen LogP contribution is 2.22. The molecule has 7 nitrogen and oxygen atoms in total. The van der Waals surface area contributed by atoms with Crippen LogP contribution in [0.5, 0.6) is 11.5 Å². The summed E-state index contributed by atoms with van der Waals surface area (Å²) in [7, 11) is 0. The number of hydrogen-bond donors (Lipinski definition) is 0. The van der Waals surface area contributed by atoms with Crippen LogP contribution in [0.15, 0.2) is 48.5 Å². The lowest BCUT2D eigenvalue weighted by Crippen LogP contribution is -2.32. The average Bonchev–Trinajstić information content (AvgIpc) is 2.96. The number of carbonyl (C=O) groups is 3.